The minimum atomic E-state index is -1.06. The van der Waals surface area contributed by atoms with Crippen LogP contribution in [0.15, 0.2) is 42.5 Å². The van der Waals surface area contributed by atoms with Crippen LogP contribution in [0.3, 0.4) is 0 Å². The first-order valence-electron chi connectivity index (χ1n) is 10.6. The third kappa shape index (κ3) is 4.88. The number of hydrogen-bond donors (Lipinski definition) is 0. The van der Waals surface area contributed by atoms with Crippen LogP contribution in [0, 0.1) is 18.6 Å². The molecule has 1 fully saturated rings. The van der Waals surface area contributed by atoms with E-state index in [1.165, 1.54) is 17.4 Å². The van der Waals surface area contributed by atoms with Crippen molar-refractivity contribution >= 4 is 23.2 Å². The van der Waals surface area contributed by atoms with Gasteiger partial charge in [0.2, 0.25) is 0 Å². The Morgan fingerprint density at radius 1 is 0.970 bits per heavy atom. The Hall–Kier alpha value is -3.33. The smallest absolute Gasteiger partial charge is 0.265 e. The molecule has 4 rings (SSSR count). The van der Waals surface area contributed by atoms with Crippen molar-refractivity contribution in [2.45, 2.75) is 13.8 Å². The molecule has 2 heterocycles. The predicted molar refractivity (Wildman–Crippen MR) is 122 cm³/mol. The highest BCUT2D eigenvalue weighted by molar-refractivity contribution is 7.17. The van der Waals surface area contributed by atoms with E-state index < -0.39 is 11.6 Å². The Morgan fingerprint density at radius 3 is 2.21 bits per heavy atom. The molecule has 3 aromatic rings. The van der Waals surface area contributed by atoms with Crippen LogP contribution in [0.25, 0.3) is 10.6 Å². The number of aryl methyl sites for hydroxylation is 1. The maximum Gasteiger partial charge on any atom is 0.265 e. The van der Waals surface area contributed by atoms with Gasteiger partial charge in [-0.3, -0.25) is 9.59 Å². The minimum absolute atomic E-state index is 0.0898. The first kappa shape index (κ1) is 22.8. The summed E-state index contributed by atoms with van der Waals surface area (Å²) in [6, 6.07) is 10.7. The lowest BCUT2D eigenvalue weighted by molar-refractivity contribution is 0.0537. The summed E-state index contributed by atoms with van der Waals surface area (Å²) in [4.78, 5) is 34.1. The number of amides is 2. The number of thiazole rings is 1. The zero-order chi connectivity index (χ0) is 23.5. The number of carbonyl (C=O) groups excluding carboxylic acids is 2. The molecule has 6 nitrogen and oxygen atoms in total. The van der Waals surface area contributed by atoms with Crippen LogP contribution in [0.4, 0.5) is 8.78 Å². The molecule has 0 aliphatic carbocycles. The quantitative estimate of drug-likeness (QED) is 0.554. The summed E-state index contributed by atoms with van der Waals surface area (Å²) in [7, 11) is 0. The van der Waals surface area contributed by atoms with E-state index in [1.54, 1.807) is 9.80 Å². The van der Waals surface area contributed by atoms with Gasteiger partial charge in [-0.25, -0.2) is 13.8 Å². The summed E-state index contributed by atoms with van der Waals surface area (Å²) in [5, 5.41) is 0.756. The maximum atomic E-state index is 13.5. The fourth-order valence-electron chi connectivity index (χ4n) is 3.65. The number of aromatic nitrogens is 1. The van der Waals surface area contributed by atoms with Gasteiger partial charge in [-0.05, 0) is 56.3 Å². The molecule has 1 aliphatic rings. The van der Waals surface area contributed by atoms with Gasteiger partial charge < -0.3 is 14.5 Å². The van der Waals surface area contributed by atoms with Crippen LogP contribution in [0.1, 0.15) is 32.6 Å². The molecule has 2 aromatic carbocycles. The number of ether oxygens (including phenoxy) is 1. The molecule has 0 N–H and O–H groups in total. The molecule has 0 unspecified atom stereocenters. The summed E-state index contributed by atoms with van der Waals surface area (Å²) in [6.45, 7) is 5.65. The van der Waals surface area contributed by atoms with E-state index in [0.717, 1.165) is 28.5 Å². The molecule has 0 spiro atoms. The Balaban J connectivity index is 1.41. The van der Waals surface area contributed by atoms with E-state index in [1.807, 2.05) is 38.1 Å². The van der Waals surface area contributed by atoms with E-state index in [4.69, 9.17) is 4.74 Å². The largest absolute Gasteiger partial charge is 0.494 e. The molecule has 2 amide bonds. The van der Waals surface area contributed by atoms with Gasteiger partial charge in [0.05, 0.1) is 12.3 Å². The molecule has 33 heavy (non-hydrogen) atoms. The van der Waals surface area contributed by atoms with Crippen LogP contribution in [0.5, 0.6) is 5.75 Å². The zero-order valence-corrected chi connectivity index (χ0v) is 19.1. The van der Waals surface area contributed by atoms with Gasteiger partial charge >= 0.3 is 0 Å². The van der Waals surface area contributed by atoms with Crippen molar-refractivity contribution in [1.82, 2.24) is 14.8 Å². The van der Waals surface area contributed by atoms with Gasteiger partial charge in [-0.2, -0.15) is 0 Å². The van der Waals surface area contributed by atoms with Gasteiger partial charge in [0.15, 0.2) is 11.6 Å². The molecule has 1 aliphatic heterocycles. The Bertz CT molecular complexity index is 1170. The standard InChI is InChI=1S/C24H23F2N3O3S/c1-3-32-18-7-4-16(5-8-18)22-27-15(2)21(33-22)24(31)29-12-10-28(11-13-29)23(30)17-6-9-19(25)20(26)14-17/h4-9,14H,3,10-13H2,1-2H3. The molecular weight excluding hydrogens is 448 g/mol. The van der Waals surface area contributed by atoms with Crippen molar-refractivity contribution in [3.8, 4) is 16.3 Å². The number of rotatable bonds is 5. The third-order valence-corrected chi connectivity index (χ3v) is 6.62. The highest BCUT2D eigenvalue weighted by Gasteiger charge is 2.28. The molecule has 1 aromatic heterocycles. The number of carbonyl (C=O) groups is 2. The van der Waals surface area contributed by atoms with Crippen molar-refractivity contribution in [2.75, 3.05) is 32.8 Å². The van der Waals surface area contributed by atoms with Gasteiger partial charge in [0, 0.05) is 37.3 Å². The monoisotopic (exact) mass is 471 g/mol. The Labute approximate surface area is 194 Å². The number of hydrogen-bond acceptors (Lipinski definition) is 5. The summed E-state index contributed by atoms with van der Waals surface area (Å²) in [5.74, 6) is -1.78. The molecule has 172 valence electrons. The van der Waals surface area contributed by atoms with Crippen LogP contribution < -0.4 is 4.74 Å². The second-order valence-corrected chi connectivity index (χ2v) is 8.60. The molecule has 0 saturated carbocycles. The Kier molecular flexibility index (Phi) is 6.69. The molecule has 1 saturated heterocycles. The molecule has 9 heteroatoms. The average molecular weight is 472 g/mol. The van der Waals surface area contributed by atoms with Crippen LogP contribution in [-0.2, 0) is 0 Å². The number of halogens is 2. The van der Waals surface area contributed by atoms with E-state index in [9.17, 15) is 18.4 Å². The van der Waals surface area contributed by atoms with Gasteiger partial charge in [-0.1, -0.05) is 0 Å². The molecule has 0 bridgehead atoms. The minimum Gasteiger partial charge on any atom is -0.494 e. The third-order valence-electron chi connectivity index (χ3n) is 5.42. The fraction of sp³-hybridized carbons (Fsp3) is 0.292. The summed E-state index contributed by atoms with van der Waals surface area (Å²) in [6.07, 6.45) is 0. The first-order chi connectivity index (χ1) is 15.9. The number of benzene rings is 2. The van der Waals surface area contributed by atoms with E-state index in [-0.39, 0.29) is 17.4 Å². The summed E-state index contributed by atoms with van der Waals surface area (Å²) < 4.78 is 32.1. The number of nitrogens with zero attached hydrogens (tertiary/aromatic N) is 3. The fourth-order valence-corrected chi connectivity index (χ4v) is 4.69. The van der Waals surface area contributed by atoms with Gasteiger partial charge in [0.1, 0.15) is 15.6 Å². The molecule has 0 atom stereocenters. The highest BCUT2D eigenvalue weighted by Crippen LogP contribution is 2.30. The highest BCUT2D eigenvalue weighted by atomic mass is 32.1. The zero-order valence-electron chi connectivity index (χ0n) is 18.3. The second kappa shape index (κ2) is 9.66. The van der Waals surface area contributed by atoms with Crippen molar-refractivity contribution in [1.29, 1.82) is 0 Å². The Morgan fingerprint density at radius 2 is 1.61 bits per heavy atom. The molecular formula is C24H23F2N3O3S. The average Bonchev–Trinajstić information content (AvgIpc) is 3.22. The first-order valence-corrected chi connectivity index (χ1v) is 11.4. The van der Waals surface area contributed by atoms with Gasteiger partial charge in [0.25, 0.3) is 11.8 Å². The van der Waals surface area contributed by atoms with Crippen molar-refractivity contribution in [3.63, 3.8) is 0 Å². The van der Waals surface area contributed by atoms with Crippen LogP contribution in [0.2, 0.25) is 0 Å². The van der Waals surface area contributed by atoms with E-state index in [2.05, 4.69) is 4.98 Å². The van der Waals surface area contributed by atoms with E-state index >= 15 is 0 Å². The number of piperazine rings is 1. The van der Waals surface area contributed by atoms with Crippen molar-refractivity contribution < 1.29 is 23.1 Å². The lowest BCUT2D eigenvalue weighted by atomic mass is 10.1. The lowest BCUT2D eigenvalue weighted by Gasteiger charge is -2.34. The van der Waals surface area contributed by atoms with Crippen LogP contribution >= 0.6 is 11.3 Å². The topological polar surface area (TPSA) is 62.7 Å². The van der Waals surface area contributed by atoms with E-state index in [0.29, 0.717) is 43.4 Å². The SMILES string of the molecule is CCOc1ccc(-c2nc(C)c(C(=O)N3CCN(C(=O)c4ccc(F)c(F)c4)CC3)s2)cc1. The lowest BCUT2D eigenvalue weighted by Crippen LogP contribution is -2.50. The maximum absolute atomic E-state index is 13.5. The van der Waals surface area contributed by atoms with Crippen molar-refractivity contribution in [3.05, 3.63) is 70.2 Å². The molecule has 0 radical (unpaired) electrons. The van der Waals surface area contributed by atoms with Crippen LogP contribution in [-0.4, -0.2) is 59.4 Å². The van der Waals surface area contributed by atoms with Gasteiger partial charge in [-0.15, -0.1) is 11.3 Å². The predicted octanol–water partition coefficient (Wildman–Crippen LogP) is 4.39. The second-order valence-electron chi connectivity index (χ2n) is 7.60. The summed E-state index contributed by atoms with van der Waals surface area (Å²) >= 11 is 1.34. The normalized spacial score (nSPS) is 13.8. The van der Waals surface area contributed by atoms with Crippen molar-refractivity contribution in [2.24, 2.45) is 0 Å². The summed E-state index contributed by atoms with van der Waals surface area (Å²) in [5.41, 5.74) is 1.66.